The topological polar surface area (TPSA) is 201 Å². The normalized spacial score (nSPS) is 13.9. The van der Waals surface area contributed by atoms with E-state index in [0.29, 0.717) is 0 Å². The number of fused-ring (bicyclic) bond motifs is 2. The van der Waals surface area contributed by atoms with Crippen molar-refractivity contribution >= 4 is 51.3 Å². The van der Waals surface area contributed by atoms with Crippen LogP contribution >= 0.6 is 0 Å². The standard InChI is InChI=1S/C34H40N6O6/c1-19(2)30(40(3)34(46)25(35)15-22-18-37-26-14-7-6-13-24(22)26)33(45)39-28(17-29(41)42)32(44)38-27(31(36)43)16-21-11-8-10-20-9-4-5-12-23(20)21/h4-14,18-19,25,27-28,30,37H,15-17,35H2,1-3H3,(H2,36,43)(H,38,44)(H,39,45)(H,41,42)/t25-,27-,28-,30-/m0/s1. The summed E-state index contributed by atoms with van der Waals surface area (Å²) in [5.41, 5.74) is 14.5. The first-order valence-corrected chi connectivity index (χ1v) is 15.0. The van der Waals surface area contributed by atoms with Crippen LogP contribution < -0.4 is 22.1 Å². The molecule has 0 spiro atoms. The molecule has 4 amide bonds. The van der Waals surface area contributed by atoms with Crippen LogP contribution in [0, 0.1) is 5.92 Å². The van der Waals surface area contributed by atoms with Gasteiger partial charge in [-0.1, -0.05) is 74.5 Å². The average Bonchev–Trinajstić information content (AvgIpc) is 3.42. The highest BCUT2D eigenvalue weighted by molar-refractivity contribution is 5.96. The predicted octanol–water partition coefficient (Wildman–Crippen LogP) is 1.85. The number of carboxylic acid groups (broad SMARTS) is 1. The Bertz CT molecular complexity index is 1750. The molecule has 0 aliphatic carbocycles. The average molecular weight is 629 g/mol. The molecule has 46 heavy (non-hydrogen) atoms. The third-order valence-electron chi connectivity index (χ3n) is 8.07. The van der Waals surface area contributed by atoms with E-state index in [1.165, 1.54) is 11.9 Å². The lowest BCUT2D eigenvalue weighted by molar-refractivity contribution is -0.144. The number of para-hydroxylation sites is 1. The zero-order valence-electron chi connectivity index (χ0n) is 26.0. The molecule has 242 valence electrons. The molecule has 3 aromatic carbocycles. The number of carboxylic acids is 1. The van der Waals surface area contributed by atoms with Gasteiger partial charge in [0.15, 0.2) is 0 Å². The third kappa shape index (κ3) is 7.88. The molecule has 4 atom stereocenters. The Labute approximate surface area is 266 Å². The number of aromatic nitrogens is 1. The highest BCUT2D eigenvalue weighted by Gasteiger charge is 2.36. The van der Waals surface area contributed by atoms with Crippen LogP contribution in [0.25, 0.3) is 21.7 Å². The Morgan fingerprint density at radius 1 is 0.826 bits per heavy atom. The molecule has 8 N–H and O–H groups in total. The van der Waals surface area contributed by atoms with Gasteiger partial charge in [-0.15, -0.1) is 0 Å². The van der Waals surface area contributed by atoms with Crippen molar-refractivity contribution in [2.24, 2.45) is 17.4 Å². The number of nitrogens with zero attached hydrogens (tertiary/aromatic N) is 1. The van der Waals surface area contributed by atoms with Crippen molar-refractivity contribution in [1.82, 2.24) is 20.5 Å². The first-order valence-electron chi connectivity index (χ1n) is 15.0. The van der Waals surface area contributed by atoms with Crippen LogP contribution in [0.1, 0.15) is 31.4 Å². The smallest absolute Gasteiger partial charge is 0.305 e. The van der Waals surface area contributed by atoms with E-state index >= 15 is 0 Å². The number of primary amides is 1. The largest absolute Gasteiger partial charge is 0.481 e. The number of rotatable bonds is 14. The molecule has 0 radical (unpaired) electrons. The molecule has 0 aliphatic rings. The first-order chi connectivity index (χ1) is 21.9. The number of likely N-dealkylation sites (N-methyl/N-ethyl adjacent to an activating group) is 1. The molecule has 12 nitrogen and oxygen atoms in total. The molecular formula is C34H40N6O6. The summed E-state index contributed by atoms with van der Waals surface area (Å²) in [5, 5.41) is 17.3. The van der Waals surface area contributed by atoms with E-state index in [-0.39, 0.29) is 12.8 Å². The number of H-pyrrole nitrogens is 1. The quantitative estimate of drug-likeness (QED) is 0.122. The zero-order valence-corrected chi connectivity index (χ0v) is 26.0. The van der Waals surface area contributed by atoms with E-state index < -0.39 is 66.1 Å². The molecule has 1 aromatic heterocycles. The fourth-order valence-electron chi connectivity index (χ4n) is 5.78. The number of aliphatic carboxylic acids is 1. The molecule has 0 unspecified atom stereocenters. The molecule has 4 aromatic rings. The lowest BCUT2D eigenvalue weighted by atomic mass is 9.97. The van der Waals surface area contributed by atoms with Crippen molar-refractivity contribution < 1.29 is 29.1 Å². The van der Waals surface area contributed by atoms with Gasteiger partial charge in [-0.3, -0.25) is 24.0 Å². The molecule has 1 heterocycles. The number of carbonyl (C=O) groups is 5. The van der Waals surface area contributed by atoms with E-state index in [2.05, 4.69) is 15.6 Å². The summed E-state index contributed by atoms with van der Waals surface area (Å²) >= 11 is 0. The molecule has 4 rings (SSSR count). The minimum atomic E-state index is -1.55. The lowest BCUT2D eigenvalue weighted by Crippen LogP contribution is -2.59. The Kier molecular flexibility index (Phi) is 10.8. The van der Waals surface area contributed by atoms with Crippen LogP contribution in [0.2, 0.25) is 0 Å². The van der Waals surface area contributed by atoms with Crippen molar-refractivity contribution in [3.05, 3.63) is 84.1 Å². The van der Waals surface area contributed by atoms with Gasteiger partial charge in [-0.25, -0.2) is 0 Å². The lowest BCUT2D eigenvalue weighted by Gasteiger charge is -2.33. The molecule has 12 heteroatoms. The van der Waals surface area contributed by atoms with Gasteiger partial charge in [0.1, 0.15) is 18.1 Å². The highest BCUT2D eigenvalue weighted by Crippen LogP contribution is 2.21. The first kappa shape index (κ1) is 33.7. The summed E-state index contributed by atoms with van der Waals surface area (Å²) in [5.74, 6) is -4.73. The van der Waals surface area contributed by atoms with Gasteiger partial charge in [-0.05, 0) is 40.3 Å². The number of hydrogen-bond donors (Lipinski definition) is 6. The second-order valence-electron chi connectivity index (χ2n) is 11.8. The Balaban J connectivity index is 1.48. The number of amides is 4. The van der Waals surface area contributed by atoms with Gasteiger partial charge in [0, 0.05) is 30.6 Å². The summed E-state index contributed by atoms with van der Waals surface area (Å²) in [6, 6.07) is 15.9. The number of hydrogen-bond acceptors (Lipinski definition) is 6. The van der Waals surface area contributed by atoms with Crippen LogP contribution in [-0.4, -0.2) is 75.8 Å². The maximum absolute atomic E-state index is 13.6. The Morgan fingerprint density at radius 3 is 2.13 bits per heavy atom. The van der Waals surface area contributed by atoms with Crippen LogP contribution in [0.3, 0.4) is 0 Å². The van der Waals surface area contributed by atoms with Gasteiger partial charge in [0.05, 0.1) is 12.5 Å². The van der Waals surface area contributed by atoms with Crippen molar-refractivity contribution in [2.45, 2.75) is 57.3 Å². The molecule has 0 saturated carbocycles. The van der Waals surface area contributed by atoms with Crippen molar-refractivity contribution in [1.29, 1.82) is 0 Å². The molecular weight excluding hydrogens is 588 g/mol. The van der Waals surface area contributed by atoms with Crippen LogP contribution in [0.15, 0.2) is 72.9 Å². The maximum atomic E-state index is 13.6. The van der Waals surface area contributed by atoms with E-state index in [1.807, 2.05) is 66.7 Å². The van der Waals surface area contributed by atoms with Gasteiger partial charge in [0.2, 0.25) is 23.6 Å². The fourth-order valence-corrected chi connectivity index (χ4v) is 5.78. The van der Waals surface area contributed by atoms with E-state index in [4.69, 9.17) is 11.5 Å². The molecule has 0 fully saturated rings. The number of nitrogens with two attached hydrogens (primary N) is 2. The number of benzene rings is 3. The van der Waals surface area contributed by atoms with Gasteiger partial charge in [0.25, 0.3) is 0 Å². The van der Waals surface area contributed by atoms with Crippen LogP contribution in [0.4, 0.5) is 0 Å². The number of aromatic amines is 1. The molecule has 0 bridgehead atoms. The van der Waals surface area contributed by atoms with Gasteiger partial charge >= 0.3 is 5.97 Å². The minimum absolute atomic E-state index is 0.0519. The van der Waals surface area contributed by atoms with Crippen molar-refractivity contribution in [3.63, 3.8) is 0 Å². The predicted molar refractivity (Wildman–Crippen MR) is 174 cm³/mol. The summed E-state index contributed by atoms with van der Waals surface area (Å²) in [7, 11) is 1.45. The Hall–Kier alpha value is -5.23. The van der Waals surface area contributed by atoms with E-state index in [9.17, 15) is 29.1 Å². The van der Waals surface area contributed by atoms with Crippen molar-refractivity contribution in [3.8, 4) is 0 Å². The maximum Gasteiger partial charge on any atom is 0.305 e. The Morgan fingerprint density at radius 2 is 1.46 bits per heavy atom. The SMILES string of the molecule is CC(C)[C@@H](C(=O)N[C@@H](CC(=O)O)C(=O)N[C@@H](Cc1cccc2ccccc12)C(N)=O)N(C)C(=O)[C@@H](N)Cc1c[nH]c2ccccc12. The summed E-state index contributed by atoms with van der Waals surface area (Å²) in [6.07, 6.45) is 1.30. The monoisotopic (exact) mass is 628 g/mol. The van der Waals surface area contributed by atoms with E-state index in [0.717, 1.165) is 32.8 Å². The summed E-state index contributed by atoms with van der Waals surface area (Å²) < 4.78 is 0. The zero-order chi connectivity index (χ0) is 33.5. The molecule has 0 saturated heterocycles. The number of carbonyl (C=O) groups excluding carboxylic acids is 4. The minimum Gasteiger partial charge on any atom is -0.481 e. The van der Waals surface area contributed by atoms with Gasteiger partial charge < -0.3 is 37.1 Å². The third-order valence-corrected chi connectivity index (χ3v) is 8.07. The second-order valence-corrected chi connectivity index (χ2v) is 11.8. The highest BCUT2D eigenvalue weighted by atomic mass is 16.4. The van der Waals surface area contributed by atoms with Crippen LogP contribution in [-0.2, 0) is 36.8 Å². The number of nitrogens with one attached hydrogen (secondary N) is 3. The molecule has 0 aliphatic heterocycles. The fraction of sp³-hybridized carbons (Fsp3) is 0.324. The van der Waals surface area contributed by atoms with Gasteiger partial charge in [-0.2, -0.15) is 0 Å². The van der Waals surface area contributed by atoms with Crippen molar-refractivity contribution in [2.75, 3.05) is 7.05 Å². The second kappa shape index (κ2) is 14.7. The van der Waals surface area contributed by atoms with E-state index in [1.54, 1.807) is 20.0 Å². The summed E-state index contributed by atoms with van der Waals surface area (Å²) in [4.78, 5) is 68.9. The summed E-state index contributed by atoms with van der Waals surface area (Å²) in [6.45, 7) is 3.44. The van der Waals surface area contributed by atoms with Crippen LogP contribution in [0.5, 0.6) is 0 Å².